The molecule has 0 atom stereocenters. The van der Waals surface area contributed by atoms with Gasteiger partial charge in [-0.05, 0) is 37.8 Å². The van der Waals surface area contributed by atoms with Gasteiger partial charge in [-0.15, -0.1) is 0 Å². The van der Waals surface area contributed by atoms with Crippen LogP contribution >= 0.6 is 0 Å². The minimum absolute atomic E-state index is 0.433. The molecule has 0 aromatic heterocycles. The molecule has 1 heteroatoms. The fraction of sp³-hybridized carbons (Fsp3) is 0.625. The van der Waals surface area contributed by atoms with E-state index in [1.165, 1.54) is 30.4 Å². The van der Waals surface area contributed by atoms with Crippen molar-refractivity contribution < 1.29 is 0 Å². The minimum atomic E-state index is 0.433. The van der Waals surface area contributed by atoms with Crippen molar-refractivity contribution in [3.63, 3.8) is 0 Å². The molecule has 0 saturated heterocycles. The molecule has 0 bridgehead atoms. The molecule has 0 aliphatic heterocycles. The lowest BCUT2D eigenvalue weighted by Gasteiger charge is -2.43. The van der Waals surface area contributed by atoms with Crippen molar-refractivity contribution in [3.05, 3.63) is 35.4 Å². The van der Waals surface area contributed by atoms with E-state index in [9.17, 15) is 0 Å². The SMILES string of the molecule is Cc1ccc(C2(CNCC(C)C)CCC2)cc1. The van der Waals surface area contributed by atoms with Crippen LogP contribution in [-0.2, 0) is 5.41 Å². The number of hydrogen-bond acceptors (Lipinski definition) is 1. The highest BCUT2D eigenvalue weighted by molar-refractivity contribution is 5.31. The Morgan fingerprint density at radius 2 is 1.82 bits per heavy atom. The topological polar surface area (TPSA) is 12.0 Å². The third-order valence-electron chi connectivity index (χ3n) is 3.99. The summed E-state index contributed by atoms with van der Waals surface area (Å²) in [6.45, 7) is 8.98. The Bertz CT molecular complexity index is 346. The zero-order valence-corrected chi connectivity index (χ0v) is 11.4. The van der Waals surface area contributed by atoms with Gasteiger partial charge in [0.2, 0.25) is 0 Å². The summed E-state index contributed by atoms with van der Waals surface area (Å²) in [5.41, 5.74) is 3.33. The Hall–Kier alpha value is -0.820. The monoisotopic (exact) mass is 231 g/mol. The third-order valence-corrected chi connectivity index (χ3v) is 3.99. The summed E-state index contributed by atoms with van der Waals surface area (Å²) >= 11 is 0. The lowest BCUT2D eigenvalue weighted by molar-refractivity contribution is 0.231. The first-order chi connectivity index (χ1) is 8.12. The molecule has 94 valence electrons. The van der Waals surface area contributed by atoms with Crippen LogP contribution in [0.5, 0.6) is 0 Å². The Kier molecular flexibility index (Phi) is 3.88. The third kappa shape index (κ3) is 2.90. The van der Waals surface area contributed by atoms with E-state index in [0.717, 1.165) is 19.0 Å². The molecule has 1 aliphatic carbocycles. The summed E-state index contributed by atoms with van der Waals surface area (Å²) in [6.07, 6.45) is 4.08. The van der Waals surface area contributed by atoms with Crippen LogP contribution in [-0.4, -0.2) is 13.1 Å². The Morgan fingerprint density at radius 3 is 2.29 bits per heavy atom. The van der Waals surface area contributed by atoms with Crippen LogP contribution in [0.3, 0.4) is 0 Å². The molecule has 1 aromatic carbocycles. The number of hydrogen-bond donors (Lipinski definition) is 1. The molecule has 1 fully saturated rings. The van der Waals surface area contributed by atoms with E-state index in [4.69, 9.17) is 0 Å². The van der Waals surface area contributed by atoms with Crippen LogP contribution in [0, 0.1) is 12.8 Å². The minimum Gasteiger partial charge on any atom is -0.316 e. The molecule has 1 aromatic rings. The molecule has 0 radical (unpaired) electrons. The quantitative estimate of drug-likeness (QED) is 0.815. The van der Waals surface area contributed by atoms with Gasteiger partial charge in [-0.1, -0.05) is 50.1 Å². The summed E-state index contributed by atoms with van der Waals surface area (Å²) in [7, 11) is 0. The van der Waals surface area contributed by atoms with Crippen LogP contribution in [0.1, 0.15) is 44.2 Å². The van der Waals surface area contributed by atoms with Crippen molar-refractivity contribution in [1.82, 2.24) is 5.32 Å². The average Bonchev–Trinajstić information content (AvgIpc) is 2.23. The van der Waals surface area contributed by atoms with Crippen LogP contribution in [0.2, 0.25) is 0 Å². The van der Waals surface area contributed by atoms with Gasteiger partial charge < -0.3 is 5.32 Å². The molecular formula is C16H25N. The van der Waals surface area contributed by atoms with Crippen molar-refractivity contribution in [2.75, 3.05) is 13.1 Å². The second-order valence-electron chi connectivity index (χ2n) is 6.02. The van der Waals surface area contributed by atoms with Crippen LogP contribution in [0.4, 0.5) is 0 Å². The zero-order chi connectivity index (χ0) is 12.3. The highest BCUT2D eigenvalue weighted by Crippen LogP contribution is 2.43. The average molecular weight is 231 g/mol. The maximum atomic E-state index is 3.64. The molecule has 0 unspecified atom stereocenters. The molecule has 2 rings (SSSR count). The summed E-state index contributed by atoms with van der Waals surface area (Å²) in [5, 5.41) is 3.64. The van der Waals surface area contributed by atoms with Gasteiger partial charge >= 0.3 is 0 Å². The molecule has 1 N–H and O–H groups in total. The van der Waals surface area contributed by atoms with Gasteiger partial charge in [0.25, 0.3) is 0 Å². The zero-order valence-electron chi connectivity index (χ0n) is 11.4. The van der Waals surface area contributed by atoms with E-state index in [0.29, 0.717) is 5.41 Å². The summed E-state index contributed by atoms with van der Waals surface area (Å²) in [4.78, 5) is 0. The molecule has 1 nitrogen and oxygen atoms in total. The smallest absolute Gasteiger partial charge is 0.00778 e. The van der Waals surface area contributed by atoms with Gasteiger partial charge in [0.15, 0.2) is 0 Å². The van der Waals surface area contributed by atoms with Crippen molar-refractivity contribution in [3.8, 4) is 0 Å². The fourth-order valence-corrected chi connectivity index (χ4v) is 2.68. The maximum Gasteiger partial charge on any atom is 0.00778 e. The van der Waals surface area contributed by atoms with Crippen molar-refractivity contribution in [1.29, 1.82) is 0 Å². The van der Waals surface area contributed by atoms with E-state index < -0.39 is 0 Å². The molecule has 1 aliphatic rings. The molecule has 1 saturated carbocycles. The molecular weight excluding hydrogens is 206 g/mol. The normalized spacial score (nSPS) is 18.1. The lowest BCUT2D eigenvalue weighted by Crippen LogP contribution is -2.44. The molecule has 0 heterocycles. The maximum absolute atomic E-state index is 3.64. The van der Waals surface area contributed by atoms with Crippen molar-refractivity contribution in [2.45, 2.75) is 45.4 Å². The summed E-state index contributed by atoms with van der Waals surface area (Å²) in [6, 6.07) is 9.15. The van der Waals surface area contributed by atoms with Gasteiger partial charge in [0.1, 0.15) is 0 Å². The predicted molar refractivity (Wildman–Crippen MR) is 74.4 cm³/mol. The number of rotatable bonds is 5. The van der Waals surface area contributed by atoms with E-state index in [-0.39, 0.29) is 0 Å². The van der Waals surface area contributed by atoms with E-state index in [2.05, 4.69) is 50.4 Å². The van der Waals surface area contributed by atoms with Crippen molar-refractivity contribution >= 4 is 0 Å². The number of aryl methyl sites for hydroxylation is 1. The van der Waals surface area contributed by atoms with Crippen LogP contribution in [0.15, 0.2) is 24.3 Å². The van der Waals surface area contributed by atoms with Gasteiger partial charge in [0.05, 0.1) is 0 Å². The first-order valence-corrected chi connectivity index (χ1v) is 6.90. The predicted octanol–water partition coefficient (Wildman–Crippen LogP) is 3.66. The molecule has 0 spiro atoms. The Balaban J connectivity index is 2.01. The van der Waals surface area contributed by atoms with Gasteiger partial charge in [-0.25, -0.2) is 0 Å². The standard InChI is InChI=1S/C16H25N/c1-13(2)11-17-12-16(9-4-10-16)15-7-5-14(3)6-8-15/h5-8,13,17H,4,9-12H2,1-3H3. The van der Waals surface area contributed by atoms with Crippen LogP contribution in [0.25, 0.3) is 0 Å². The van der Waals surface area contributed by atoms with E-state index >= 15 is 0 Å². The summed E-state index contributed by atoms with van der Waals surface area (Å²) in [5.74, 6) is 0.741. The first kappa shape index (κ1) is 12.6. The number of benzene rings is 1. The lowest BCUT2D eigenvalue weighted by atomic mass is 9.64. The fourth-order valence-electron chi connectivity index (χ4n) is 2.68. The number of nitrogens with one attached hydrogen (secondary N) is 1. The highest BCUT2D eigenvalue weighted by Gasteiger charge is 2.37. The Labute approximate surface area is 106 Å². The summed E-state index contributed by atoms with van der Waals surface area (Å²) < 4.78 is 0. The van der Waals surface area contributed by atoms with Gasteiger partial charge in [-0.2, -0.15) is 0 Å². The van der Waals surface area contributed by atoms with E-state index in [1.54, 1.807) is 0 Å². The molecule has 0 amide bonds. The second kappa shape index (κ2) is 5.22. The largest absolute Gasteiger partial charge is 0.316 e. The molecule has 17 heavy (non-hydrogen) atoms. The highest BCUT2D eigenvalue weighted by atomic mass is 14.9. The van der Waals surface area contributed by atoms with Gasteiger partial charge in [0, 0.05) is 12.0 Å². The van der Waals surface area contributed by atoms with Crippen molar-refractivity contribution in [2.24, 2.45) is 5.92 Å². The second-order valence-corrected chi connectivity index (χ2v) is 6.02. The Morgan fingerprint density at radius 1 is 1.18 bits per heavy atom. The van der Waals surface area contributed by atoms with Crippen LogP contribution < -0.4 is 5.32 Å². The van der Waals surface area contributed by atoms with E-state index in [1.807, 2.05) is 0 Å². The van der Waals surface area contributed by atoms with Gasteiger partial charge in [-0.3, -0.25) is 0 Å². The first-order valence-electron chi connectivity index (χ1n) is 6.90.